The molecule has 2 aromatic heterocycles. The topological polar surface area (TPSA) is 77.0 Å². The van der Waals surface area contributed by atoms with Crippen molar-refractivity contribution < 1.29 is 9.32 Å². The highest BCUT2D eigenvalue weighted by molar-refractivity contribution is 5.81. The average molecular weight is 365 g/mol. The maximum absolute atomic E-state index is 13.2. The molecule has 2 fully saturated rings. The van der Waals surface area contributed by atoms with E-state index in [-0.39, 0.29) is 11.9 Å². The van der Waals surface area contributed by atoms with Crippen molar-refractivity contribution >= 4 is 16.9 Å². The third-order valence-electron chi connectivity index (χ3n) is 5.58. The molecule has 3 aromatic rings. The van der Waals surface area contributed by atoms with Crippen LogP contribution in [-0.2, 0) is 17.8 Å². The Kier molecular flexibility index (Phi) is 3.95. The van der Waals surface area contributed by atoms with E-state index in [1.807, 2.05) is 30.0 Å². The van der Waals surface area contributed by atoms with Crippen molar-refractivity contribution in [2.75, 3.05) is 6.54 Å². The van der Waals surface area contributed by atoms with Crippen molar-refractivity contribution in [2.24, 2.45) is 0 Å². The van der Waals surface area contributed by atoms with Crippen LogP contribution in [0.2, 0.25) is 0 Å². The van der Waals surface area contributed by atoms with Crippen LogP contribution in [0.5, 0.6) is 0 Å². The van der Waals surface area contributed by atoms with Gasteiger partial charge in [-0.25, -0.2) is 4.98 Å². The number of aryl methyl sites for hydroxylation is 1. The van der Waals surface area contributed by atoms with E-state index >= 15 is 0 Å². The summed E-state index contributed by atoms with van der Waals surface area (Å²) in [7, 11) is 0. The van der Waals surface area contributed by atoms with Crippen LogP contribution >= 0.6 is 0 Å². The zero-order valence-corrected chi connectivity index (χ0v) is 15.5. The minimum absolute atomic E-state index is 0.0961. The van der Waals surface area contributed by atoms with Crippen LogP contribution in [-0.4, -0.2) is 37.0 Å². The first-order valence-electron chi connectivity index (χ1n) is 9.81. The number of aromatic nitrogens is 4. The number of para-hydroxylation sites is 2. The van der Waals surface area contributed by atoms with E-state index in [0.29, 0.717) is 24.2 Å². The van der Waals surface area contributed by atoms with Crippen LogP contribution in [0.15, 0.2) is 28.8 Å². The first-order chi connectivity index (χ1) is 13.2. The first-order valence-corrected chi connectivity index (χ1v) is 9.81. The molecule has 27 heavy (non-hydrogen) atoms. The zero-order chi connectivity index (χ0) is 18.4. The monoisotopic (exact) mass is 365 g/mol. The van der Waals surface area contributed by atoms with Gasteiger partial charge in [0.2, 0.25) is 11.8 Å². The minimum atomic E-state index is -0.107. The molecule has 0 unspecified atom stereocenters. The van der Waals surface area contributed by atoms with Crippen molar-refractivity contribution in [1.82, 2.24) is 24.6 Å². The molecule has 2 aliphatic rings. The van der Waals surface area contributed by atoms with Crippen LogP contribution in [0, 0.1) is 0 Å². The Morgan fingerprint density at radius 3 is 2.85 bits per heavy atom. The Morgan fingerprint density at radius 1 is 1.22 bits per heavy atom. The summed E-state index contributed by atoms with van der Waals surface area (Å²) < 4.78 is 7.53. The van der Waals surface area contributed by atoms with Crippen LogP contribution in [0.4, 0.5) is 0 Å². The molecule has 0 bridgehead atoms. The second-order valence-corrected chi connectivity index (χ2v) is 7.47. The number of benzene rings is 1. The van der Waals surface area contributed by atoms with E-state index in [4.69, 9.17) is 9.51 Å². The maximum atomic E-state index is 13.2. The summed E-state index contributed by atoms with van der Waals surface area (Å²) >= 11 is 0. The summed E-state index contributed by atoms with van der Waals surface area (Å²) in [6, 6.07) is 7.96. The van der Waals surface area contributed by atoms with Crippen LogP contribution in [0.25, 0.3) is 11.0 Å². The quantitative estimate of drug-likeness (QED) is 0.694. The molecule has 0 spiro atoms. The van der Waals surface area contributed by atoms with Gasteiger partial charge in [-0.3, -0.25) is 4.79 Å². The van der Waals surface area contributed by atoms with E-state index in [2.05, 4.69) is 20.8 Å². The zero-order valence-electron chi connectivity index (χ0n) is 15.5. The number of hydrogen-bond acceptors (Lipinski definition) is 5. The number of rotatable bonds is 5. The highest BCUT2D eigenvalue weighted by Crippen LogP contribution is 2.41. The van der Waals surface area contributed by atoms with Crippen LogP contribution in [0.3, 0.4) is 0 Å². The molecule has 1 saturated carbocycles. The molecule has 140 valence electrons. The molecule has 1 atom stereocenters. The number of likely N-dealkylation sites (tertiary alicyclic amines) is 1. The number of fused-ring (bicyclic) bond motifs is 1. The molecule has 1 aromatic carbocycles. The molecule has 3 heterocycles. The molecule has 5 rings (SSSR count). The molecular weight excluding hydrogens is 342 g/mol. The van der Waals surface area contributed by atoms with Gasteiger partial charge in [0.25, 0.3) is 0 Å². The molecule has 7 nitrogen and oxygen atoms in total. The molecule has 1 aliphatic heterocycles. The second kappa shape index (κ2) is 6.48. The van der Waals surface area contributed by atoms with Gasteiger partial charge in [0, 0.05) is 18.9 Å². The summed E-state index contributed by atoms with van der Waals surface area (Å²) in [6.45, 7) is 3.05. The van der Waals surface area contributed by atoms with Gasteiger partial charge in [0.05, 0.1) is 11.0 Å². The largest absolute Gasteiger partial charge is 0.337 e. The van der Waals surface area contributed by atoms with E-state index in [1.54, 1.807) is 0 Å². The number of imidazole rings is 1. The van der Waals surface area contributed by atoms with Gasteiger partial charge in [-0.15, -0.1) is 0 Å². The summed E-state index contributed by atoms with van der Waals surface area (Å²) in [5.74, 6) is 2.89. The molecule has 0 N–H and O–H groups in total. The summed E-state index contributed by atoms with van der Waals surface area (Å²) in [6.07, 6.45) is 4.88. The molecule has 0 radical (unpaired) electrons. The molecular formula is C20H23N5O2. The number of hydrogen-bond donors (Lipinski definition) is 0. The van der Waals surface area contributed by atoms with Crippen LogP contribution < -0.4 is 0 Å². The van der Waals surface area contributed by atoms with Crippen LogP contribution in [0.1, 0.15) is 62.1 Å². The Morgan fingerprint density at radius 2 is 2.07 bits per heavy atom. The lowest BCUT2D eigenvalue weighted by Crippen LogP contribution is -2.34. The van der Waals surface area contributed by atoms with Gasteiger partial charge in [0.1, 0.15) is 18.4 Å². The number of carbonyl (C=O) groups excluding carboxylic acids is 1. The standard InChI is InChI=1S/C20H23N5O2/c1-2-17-22-20(27-23-17)16-8-5-11-24(16)18(26)12-25-15-7-4-3-6-14(15)21-19(25)13-9-10-13/h3-4,6-7,13,16H,2,5,8-12H2,1H3/t16-/m0/s1. The lowest BCUT2D eigenvalue weighted by atomic mass is 10.2. The van der Waals surface area contributed by atoms with Gasteiger partial charge in [-0.1, -0.05) is 24.2 Å². The van der Waals surface area contributed by atoms with Crippen molar-refractivity contribution in [3.63, 3.8) is 0 Å². The van der Waals surface area contributed by atoms with Gasteiger partial charge in [0.15, 0.2) is 5.82 Å². The summed E-state index contributed by atoms with van der Waals surface area (Å²) in [4.78, 5) is 24.4. The van der Waals surface area contributed by atoms with Gasteiger partial charge < -0.3 is 14.0 Å². The van der Waals surface area contributed by atoms with E-state index in [9.17, 15) is 4.79 Å². The van der Waals surface area contributed by atoms with Crippen molar-refractivity contribution in [2.45, 2.75) is 57.5 Å². The molecule has 1 aliphatic carbocycles. The Hall–Kier alpha value is -2.70. The lowest BCUT2D eigenvalue weighted by Gasteiger charge is -2.22. The third-order valence-corrected chi connectivity index (χ3v) is 5.58. The second-order valence-electron chi connectivity index (χ2n) is 7.47. The van der Waals surface area contributed by atoms with Crippen molar-refractivity contribution in [3.8, 4) is 0 Å². The minimum Gasteiger partial charge on any atom is -0.337 e. The molecule has 1 amide bonds. The lowest BCUT2D eigenvalue weighted by molar-refractivity contribution is -0.133. The predicted molar refractivity (Wildman–Crippen MR) is 99.1 cm³/mol. The normalized spacial score (nSPS) is 19.9. The average Bonchev–Trinajstić information content (AvgIpc) is 3.11. The Labute approximate surface area is 157 Å². The predicted octanol–water partition coefficient (Wildman–Crippen LogP) is 3.22. The number of carbonyl (C=O) groups is 1. The first kappa shape index (κ1) is 16.5. The van der Waals surface area contributed by atoms with Gasteiger partial charge in [-0.05, 0) is 37.8 Å². The van der Waals surface area contributed by atoms with Crippen molar-refractivity contribution in [1.29, 1.82) is 0 Å². The highest BCUT2D eigenvalue weighted by Gasteiger charge is 2.35. The van der Waals surface area contributed by atoms with Gasteiger partial charge in [-0.2, -0.15) is 4.98 Å². The van der Waals surface area contributed by atoms with E-state index in [1.165, 1.54) is 0 Å². The fourth-order valence-corrected chi connectivity index (χ4v) is 4.01. The Balaban J connectivity index is 1.43. The highest BCUT2D eigenvalue weighted by atomic mass is 16.5. The van der Waals surface area contributed by atoms with E-state index < -0.39 is 0 Å². The molecule has 7 heteroatoms. The maximum Gasteiger partial charge on any atom is 0.249 e. The number of nitrogens with zero attached hydrogens (tertiary/aromatic N) is 5. The molecule has 1 saturated heterocycles. The van der Waals surface area contributed by atoms with Gasteiger partial charge >= 0.3 is 0 Å². The van der Waals surface area contributed by atoms with E-state index in [0.717, 1.165) is 55.5 Å². The third kappa shape index (κ3) is 2.91. The van der Waals surface area contributed by atoms with Crippen molar-refractivity contribution in [3.05, 3.63) is 41.8 Å². The summed E-state index contributed by atoms with van der Waals surface area (Å²) in [5.41, 5.74) is 2.00. The number of amides is 1. The Bertz CT molecular complexity index is 987. The fraction of sp³-hybridized carbons (Fsp3) is 0.500. The summed E-state index contributed by atoms with van der Waals surface area (Å²) in [5, 5.41) is 4.00. The fourth-order valence-electron chi connectivity index (χ4n) is 4.01. The smallest absolute Gasteiger partial charge is 0.249 e. The SMILES string of the molecule is CCc1noc([C@@H]2CCCN2C(=O)Cn2c(C3CC3)nc3ccccc32)n1.